The third kappa shape index (κ3) is 4.53. The van der Waals surface area contributed by atoms with Crippen LogP contribution in [0.1, 0.15) is 67.8 Å². The number of rotatable bonds is 7. The molecule has 0 aliphatic heterocycles. The number of aromatic carboxylic acids is 1. The number of nitrogens with zero attached hydrogens (tertiary/aromatic N) is 2. The van der Waals surface area contributed by atoms with Gasteiger partial charge in [-0.25, -0.2) is 14.7 Å². The molecule has 30 heavy (non-hydrogen) atoms. The van der Waals surface area contributed by atoms with Crippen LogP contribution < -0.4 is 5.69 Å². The van der Waals surface area contributed by atoms with Crippen LogP contribution in [0.15, 0.2) is 47.3 Å². The Kier molecular flexibility index (Phi) is 6.25. The largest absolute Gasteiger partial charge is 0.478 e. The van der Waals surface area contributed by atoms with Crippen molar-refractivity contribution >= 4 is 5.97 Å². The van der Waals surface area contributed by atoms with E-state index in [-0.39, 0.29) is 16.7 Å². The Hall–Kier alpha value is -3.15. The highest BCUT2D eigenvalue weighted by atomic mass is 16.4. The molecule has 158 valence electrons. The van der Waals surface area contributed by atoms with Gasteiger partial charge in [-0.2, -0.15) is 5.10 Å². The van der Waals surface area contributed by atoms with Gasteiger partial charge in [0.1, 0.15) is 5.82 Å². The molecule has 1 heterocycles. The molecule has 0 amide bonds. The van der Waals surface area contributed by atoms with Crippen LogP contribution in [0, 0.1) is 0 Å². The summed E-state index contributed by atoms with van der Waals surface area (Å²) in [5.74, 6) is -0.181. The Morgan fingerprint density at radius 3 is 2.53 bits per heavy atom. The monoisotopic (exact) mass is 407 g/mol. The Labute approximate surface area is 176 Å². The maximum Gasteiger partial charge on any atom is 0.343 e. The molecule has 0 aliphatic carbocycles. The summed E-state index contributed by atoms with van der Waals surface area (Å²) in [6.45, 7) is 8.86. The number of H-pyrrole nitrogens is 1. The van der Waals surface area contributed by atoms with E-state index in [1.54, 1.807) is 16.7 Å². The van der Waals surface area contributed by atoms with Crippen molar-refractivity contribution in [2.75, 3.05) is 0 Å². The highest BCUT2D eigenvalue weighted by molar-refractivity contribution is 5.96. The third-order valence-electron chi connectivity index (χ3n) is 5.27. The highest BCUT2D eigenvalue weighted by Crippen LogP contribution is 2.35. The van der Waals surface area contributed by atoms with E-state index in [0.717, 1.165) is 41.8 Å². The molecule has 0 atom stereocenters. The number of hydrogen-bond donors (Lipinski definition) is 2. The van der Waals surface area contributed by atoms with Gasteiger partial charge in [-0.15, -0.1) is 0 Å². The standard InChI is InChI=1S/C24H29N3O3/c1-5-6-11-21-25-26-23(30)27(21)15-16-12-13-18(20(14-16)24(2,3)4)17-9-7-8-10-19(17)22(28)29/h7-10,12-14H,5-6,11,15H2,1-4H3,(H,26,30)(H,28,29). The van der Waals surface area contributed by atoms with Crippen molar-refractivity contribution in [2.24, 2.45) is 0 Å². The minimum absolute atomic E-state index is 0.205. The fraction of sp³-hybridized carbons (Fsp3) is 0.375. The molecule has 0 bridgehead atoms. The van der Waals surface area contributed by atoms with E-state index in [1.807, 2.05) is 24.3 Å². The number of benzene rings is 2. The Morgan fingerprint density at radius 2 is 1.87 bits per heavy atom. The van der Waals surface area contributed by atoms with Crippen molar-refractivity contribution in [3.8, 4) is 11.1 Å². The van der Waals surface area contributed by atoms with Crippen molar-refractivity contribution in [2.45, 2.75) is 58.9 Å². The van der Waals surface area contributed by atoms with Gasteiger partial charge in [-0.3, -0.25) is 4.57 Å². The van der Waals surface area contributed by atoms with Crippen LogP contribution in [0.5, 0.6) is 0 Å². The van der Waals surface area contributed by atoms with Crippen molar-refractivity contribution in [1.29, 1.82) is 0 Å². The van der Waals surface area contributed by atoms with Crippen LogP contribution in [-0.2, 0) is 18.4 Å². The van der Waals surface area contributed by atoms with E-state index >= 15 is 0 Å². The third-order valence-corrected chi connectivity index (χ3v) is 5.27. The van der Waals surface area contributed by atoms with E-state index in [1.165, 1.54) is 0 Å². The summed E-state index contributed by atoms with van der Waals surface area (Å²) in [6.07, 6.45) is 2.76. The number of carbonyl (C=O) groups is 1. The molecule has 0 saturated carbocycles. The normalized spacial score (nSPS) is 11.6. The van der Waals surface area contributed by atoms with Gasteiger partial charge in [0.15, 0.2) is 0 Å². The maximum absolute atomic E-state index is 12.3. The molecule has 0 fully saturated rings. The molecule has 3 rings (SSSR count). The lowest BCUT2D eigenvalue weighted by molar-refractivity contribution is 0.0697. The van der Waals surface area contributed by atoms with Gasteiger partial charge in [0.25, 0.3) is 0 Å². The first kappa shape index (κ1) is 21.6. The smallest absolute Gasteiger partial charge is 0.343 e. The molecule has 2 N–H and O–H groups in total. The minimum atomic E-state index is -0.944. The van der Waals surface area contributed by atoms with Crippen LogP contribution in [0.3, 0.4) is 0 Å². The van der Waals surface area contributed by atoms with Crippen molar-refractivity contribution in [1.82, 2.24) is 14.8 Å². The number of hydrogen-bond acceptors (Lipinski definition) is 3. The number of carboxylic acids is 1. The molecular weight excluding hydrogens is 378 g/mol. The lowest BCUT2D eigenvalue weighted by Crippen LogP contribution is -2.20. The SMILES string of the molecule is CCCCc1n[nH]c(=O)n1Cc1ccc(-c2ccccc2C(=O)O)c(C(C)(C)C)c1. The van der Waals surface area contributed by atoms with Crippen LogP contribution in [0.4, 0.5) is 0 Å². The molecule has 0 radical (unpaired) electrons. The number of aromatic amines is 1. The Bertz CT molecular complexity index is 1100. The first-order valence-corrected chi connectivity index (χ1v) is 10.3. The molecule has 3 aromatic rings. The number of unbranched alkanes of at least 4 members (excludes halogenated alkanes) is 1. The van der Waals surface area contributed by atoms with Crippen molar-refractivity contribution in [3.05, 3.63) is 75.5 Å². The van der Waals surface area contributed by atoms with Gasteiger partial charge < -0.3 is 5.11 Å². The average Bonchev–Trinajstić information content (AvgIpc) is 3.05. The van der Waals surface area contributed by atoms with Gasteiger partial charge in [-0.05, 0) is 40.2 Å². The topological polar surface area (TPSA) is 88.0 Å². The van der Waals surface area contributed by atoms with E-state index in [4.69, 9.17) is 0 Å². The molecule has 1 aromatic heterocycles. The highest BCUT2D eigenvalue weighted by Gasteiger charge is 2.22. The zero-order valence-corrected chi connectivity index (χ0v) is 18.0. The Morgan fingerprint density at radius 1 is 1.13 bits per heavy atom. The molecule has 0 aliphatic rings. The second kappa shape index (κ2) is 8.69. The van der Waals surface area contributed by atoms with Gasteiger partial charge in [0.2, 0.25) is 0 Å². The molecule has 0 spiro atoms. The van der Waals surface area contributed by atoms with Gasteiger partial charge in [0.05, 0.1) is 12.1 Å². The first-order valence-electron chi connectivity index (χ1n) is 10.3. The van der Waals surface area contributed by atoms with Gasteiger partial charge >= 0.3 is 11.7 Å². The van der Waals surface area contributed by atoms with E-state index in [9.17, 15) is 14.7 Å². The fourth-order valence-corrected chi connectivity index (χ4v) is 3.67. The van der Waals surface area contributed by atoms with Crippen LogP contribution in [0.2, 0.25) is 0 Å². The van der Waals surface area contributed by atoms with Crippen LogP contribution in [-0.4, -0.2) is 25.8 Å². The summed E-state index contributed by atoms with van der Waals surface area (Å²) >= 11 is 0. The fourth-order valence-electron chi connectivity index (χ4n) is 3.67. The summed E-state index contributed by atoms with van der Waals surface area (Å²) in [7, 11) is 0. The summed E-state index contributed by atoms with van der Waals surface area (Å²) in [5, 5.41) is 16.4. The second-order valence-electron chi connectivity index (χ2n) is 8.62. The minimum Gasteiger partial charge on any atom is -0.478 e. The summed E-state index contributed by atoms with van der Waals surface area (Å²) in [5.41, 5.74) is 3.49. The number of nitrogens with one attached hydrogen (secondary N) is 1. The van der Waals surface area contributed by atoms with Crippen molar-refractivity contribution in [3.63, 3.8) is 0 Å². The second-order valence-corrected chi connectivity index (χ2v) is 8.62. The quantitative estimate of drug-likeness (QED) is 0.598. The first-order chi connectivity index (χ1) is 14.2. The average molecular weight is 408 g/mol. The zero-order chi connectivity index (χ0) is 21.9. The van der Waals surface area contributed by atoms with Crippen molar-refractivity contribution < 1.29 is 9.90 Å². The Balaban J connectivity index is 2.07. The molecule has 0 saturated heterocycles. The zero-order valence-electron chi connectivity index (χ0n) is 18.0. The van der Waals surface area contributed by atoms with Gasteiger partial charge in [-0.1, -0.05) is 70.5 Å². The lowest BCUT2D eigenvalue weighted by atomic mass is 9.80. The molecule has 6 nitrogen and oxygen atoms in total. The van der Waals surface area contributed by atoms with E-state index < -0.39 is 5.97 Å². The summed E-state index contributed by atoms with van der Waals surface area (Å²) in [4.78, 5) is 24.0. The van der Waals surface area contributed by atoms with Crippen LogP contribution >= 0.6 is 0 Å². The van der Waals surface area contributed by atoms with E-state index in [2.05, 4.69) is 44.0 Å². The molecule has 0 unspecified atom stereocenters. The number of aromatic nitrogens is 3. The number of aryl methyl sites for hydroxylation is 1. The van der Waals surface area contributed by atoms with E-state index in [0.29, 0.717) is 12.1 Å². The summed E-state index contributed by atoms with van der Waals surface area (Å²) < 4.78 is 1.68. The van der Waals surface area contributed by atoms with Crippen LogP contribution in [0.25, 0.3) is 11.1 Å². The number of carboxylic acid groups (broad SMARTS) is 1. The molecule has 6 heteroatoms. The predicted molar refractivity (Wildman–Crippen MR) is 118 cm³/mol. The van der Waals surface area contributed by atoms with Gasteiger partial charge in [0, 0.05) is 6.42 Å². The summed E-state index contributed by atoms with van der Waals surface area (Å²) in [6, 6.07) is 13.1. The lowest BCUT2D eigenvalue weighted by Gasteiger charge is -2.25. The predicted octanol–water partition coefficient (Wildman–Crippen LogP) is 4.63. The molecular formula is C24H29N3O3. The molecule has 2 aromatic carbocycles. The maximum atomic E-state index is 12.3.